The van der Waals surface area contributed by atoms with Crippen molar-refractivity contribution in [2.75, 3.05) is 0 Å². The molecule has 2 aromatic carbocycles. The molecule has 2 aromatic rings. The first-order valence-corrected chi connectivity index (χ1v) is 9.46. The highest BCUT2D eigenvalue weighted by Crippen LogP contribution is 2.45. The van der Waals surface area contributed by atoms with Crippen molar-refractivity contribution in [2.24, 2.45) is 0 Å². The second-order valence-electron chi connectivity index (χ2n) is 7.79. The molecule has 0 aliphatic rings. The van der Waals surface area contributed by atoms with Gasteiger partial charge in [0.05, 0.1) is 12.2 Å². The molecule has 2 atom stereocenters. The third kappa shape index (κ3) is 4.34. The average molecular weight is 390 g/mol. The van der Waals surface area contributed by atoms with E-state index in [2.05, 4.69) is 0 Å². The molecule has 0 radical (unpaired) electrons. The average Bonchev–Trinajstić information content (AvgIpc) is 2.59. The third-order valence-electron chi connectivity index (χ3n) is 5.33. The minimum Gasteiger partial charge on any atom is -0.504 e. The molecule has 0 heterocycles. The molecule has 0 aliphatic heterocycles. The van der Waals surface area contributed by atoms with Gasteiger partial charge >= 0.3 is 0 Å². The number of aliphatic hydroxyl groups excluding tert-OH is 2. The number of rotatable bonds is 7. The summed E-state index contributed by atoms with van der Waals surface area (Å²) in [7, 11) is 0. The highest BCUT2D eigenvalue weighted by Gasteiger charge is 2.34. The van der Waals surface area contributed by atoms with Gasteiger partial charge in [-0.3, -0.25) is 0 Å². The second kappa shape index (κ2) is 8.29. The number of benzene rings is 2. The third-order valence-corrected chi connectivity index (χ3v) is 5.33. The summed E-state index contributed by atoms with van der Waals surface area (Å²) in [6, 6.07) is 5.85. The molecule has 0 fully saturated rings. The lowest BCUT2D eigenvalue weighted by atomic mass is 9.69. The Morgan fingerprint density at radius 2 is 1.04 bits per heavy atom. The fraction of sp³-hybridized carbons (Fsp3) is 0.455. The second-order valence-corrected chi connectivity index (χ2v) is 7.79. The molecular formula is C22H30O6. The predicted molar refractivity (Wildman–Crippen MR) is 107 cm³/mol. The summed E-state index contributed by atoms with van der Waals surface area (Å²) in [5.41, 5.74) is 2.02. The van der Waals surface area contributed by atoms with E-state index in [4.69, 9.17) is 0 Å². The van der Waals surface area contributed by atoms with E-state index in [0.717, 1.165) is 0 Å². The first-order valence-electron chi connectivity index (χ1n) is 9.46. The molecule has 0 amide bonds. The minimum absolute atomic E-state index is 0.268. The minimum atomic E-state index is -0.717. The summed E-state index contributed by atoms with van der Waals surface area (Å²) in [4.78, 5) is 0. The van der Waals surface area contributed by atoms with Gasteiger partial charge in [0.1, 0.15) is 0 Å². The van der Waals surface area contributed by atoms with Crippen molar-refractivity contribution in [3.63, 3.8) is 0 Å². The van der Waals surface area contributed by atoms with E-state index in [9.17, 15) is 30.6 Å². The monoisotopic (exact) mass is 390 g/mol. The van der Waals surface area contributed by atoms with Crippen molar-refractivity contribution in [1.29, 1.82) is 0 Å². The van der Waals surface area contributed by atoms with Crippen LogP contribution in [0, 0.1) is 0 Å². The molecule has 6 nitrogen and oxygen atoms in total. The summed E-state index contributed by atoms with van der Waals surface area (Å²) in [5.74, 6) is -1.08. The van der Waals surface area contributed by atoms with Crippen LogP contribution in [0.1, 0.15) is 56.4 Å². The normalized spacial score (nSPS) is 14.1. The SMILES string of the molecule is CCC(C)(c1cc(O)c(O)cc1C[C@H](C)O)c1cc(O)c(O)cc1C[C@H](C)O. The van der Waals surface area contributed by atoms with E-state index >= 15 is 0 Å². The van der Waals surface area contributed by atoms with Gasteiger partial charge in [0, 0.05) is 5.41 Å². The lowest BCUT2D eigenvalue weighted by Crippen LogP contribution is -2.27. The van der Waals surface area contributed by atoms with E-state index in [1.165, 1.54) is 24.3 Å². The Labute approximate surface area is 165 Å². The maximum absolute atomic E-state index is 10.1. The van der Waals surface area contributed by atoms with Crippen molar-refractivity contribution < 1.29 is 30.6 Å². The first-order chi connectivity index (χ1) is 13.0. The van der Waals surface area contributed by atoms with Crippen LogP contribution in [0.4, 0.5) is 0 Å². The van der Waals surface area contributed by atoms with E-state index < -0.39 is 17.6 Å². The molecule has 6 N–H and O–H groups in total. The van der Waals surface area contributed by atoms with Gasteiger partial charge in [0.15, 0.2) is 23.0 Å². The van der Waals surface area contributed by atoms with Crippen LogP contribution in [-0.2, 0) is 18.3 Å². The molecule has 2 rings (SSSR count). The fourth-order valence-electron chi connectivity index (χ4n) is 3.77. The summed E-state index contributed by atoms with van der Waals surface area (Å²) < 4.78 is 0. The van der Waals surface area contributed by atoms with Gasteiger partial charge in [-0.15, -0.1) is 0 Å². The summed E-state index contributed by atoms with van der Waals surface area (Å²) in [6.07, 6.45) is -0.201. The maximum atomic E-state index is 10.1. The number of hydrogen-bond donors (Lipinski definition) is 6. The maximum Gasteiger partial charge on any atom is 0.157 e. The standard InChI is InChI=1S/C22H30O6/c1-5-22(4,16-10-20(27)18(25)8-14(16)6-12(2)23)17-11-21(28)19(26)9-15(17)7-13(3)24/h8-13,23-28H,5-7H2,1-4H3/t12-,13-/m0/s1. The van der Waals surface area contributed by atoms with Crippen LogP contribution in [0.5, 0.6) is 23.0 Å². The lowest BCUT2D eigenvalue weighted by molar-refractivity contribution is 0.194. The zero-order valence-corrected chi connectivity index (χ0v) is 16.8. The molecule has 0 saturated heterocycles. The molecule has 154 valence electrons. The van der Waals surface area contributed by atoms with E-state index in [1.54, 1.807) is 13.8 Å². The van der Waals surface area contributed by atoms with Crippen molar-refractivity contribution >= 4 is 0 Å². The van der Waals surface area contributed by atoms with Crippen LogP contribution in [0.3, 0.4) is 0 Å². The number of aromatic hydroxyl groups is 4. The molecule has 28 heavy (non-hydrogen) atoms. The highest BCUT2D eigenvalue weighted by molar-refractivity contribution is 5.56. The van der Waals surface area contributed by atoms with Gasteiger partial charge < -0.3 is 30.6 Å². The largest absolute Gasteiger partial charge is 0.504 e. The fourth-order valence-corrected chi connectivity index (χ4v) is 3.77. The van der Waals surface area contributed by atoms with Crippen molar-refractivity contribution in [2.45, 2.75) is 64.6 Å². The molecule has 0 aliphatic carbocycles. The van der Waals surface area contributed by atoms with Crippen LogP contribution >= 0.6 is 0 Å². The molecule has 0 unspecified atom stereocenters. The van der Waals surface area contributed by atoms with Gasteiger partial charge in [0.25, 0.3) is 0 Å². The van der Waals surface area contributed by atoms with Crippen LogP contribution in [-0.4, -0.2) is 42.8 Å². The Kier molecular flexibility index (Phi) is 6.47. The molecule has 0 aromatic heterocycles. The van der Waals surface area contributed by atoms with Crippen molar-refractivity contribution in [1.82, 2.24) is 0 Å². The van der Waals surface area contributed by atoms with Crippen molar-refractivity contribution in [3.8, 4) is 23.0 Å². The number of phenolic OH excluding ortho intramolecular Hbond substituents is 4. The Bertz CT molecular complexity index is 776. The Morgan fingerprint density at radius 1 is 0.714 bits per heavy atom. The predicted octanol–water partition coefficient (Wildman–Crippen LogP) is 3.07. The topological polar surface area (TPSA) is 121 Å². The molecule has 0 bridgehead atoms. The van der Waals surface area contributed by atoms with E-state index in [1.807, 2.05) is 13.8 Å². The van der Waals surface area contributed by atoms with Crippen LogP contribution < -0.4 is 0 Å². The van der Waals surface area contributed by atoms with Gasteiger partial charge in [-0.25, -0.2) is 0 Å². The summed E-state index contributed by atoms with van der Waals surface area (Å²) in [6.45, 7) is 7.16. The molecule has 0 spiro atoms. The number of phenols is 4. The zero-order chi connectivity index (χ0) is 21.2. The Morgan fingerprint density at radius 3 is 1.32 bits per heavy atom. The van der Waals surface area contributed by atoms with E-state index in [0.29, 0.717) is 28.7 Å². The molecular weight excluding hydrogens is 360 g/mol. The zero-order valence-electron chi connectivity index (χ0n) is 16.8. The smallest absolute Gasteiger partial charge is 0.157 e. The highest BCUT2D eigenvalue weighted by atomic mass is 16.3. The van der Waals surface area contributed by atoms with Gasteiger partial charge in [0.2, 0.25) is 0 Å². The van der Waals surface area contributed by atoms with Gasteiger partial charge in [-0.2, -0.15) is 0 Å². The quantitative estimate of drug-likeness (QED) is 0.404. The summed E-state index contributed by atoms with van der Waals surface area (Å²) >= 11 is 0. The van der Waals surface area contributed by atoms with Crippen LogP contribution in [0.2, 0.25) is 0 Å². The summed E-state index contributed by atoms with van der Waals surface area (Å²) in [5, 5.41) is 60.0. The molecule has 0 saturated carbocycles. The Balaban J connectivity index is 2.79. The van der Waals surface area contributed by atoms with E-state index in [-0.39, 0.29) is 35.8 Å². The lowest BCUT2D eigenvalue weighted by Gasteiger charge is -2.34. The van der Waals surface area contributed by atoms with Crippen LogP contribution in [0.25, 0.3) is 0 Å². The number of hydrogen-bond acceptors (Lipinski definition) is 6. The van der Waals surface area contributed by atoms with Crippen molar-refractivity contribution in [3.05, 3.63) is 46.5 Å². The first kappa shape index (κ1) is 21.9. The van der Waals surface area contributed by atoms with Gasteiger partial charge in [-0.1, -0.05) is 13.8 Å². The van der Waals surface area contributed by atoms with Gasteiger partial charge in [-0.05, 0) is 79.6 Å². The van der Waals surface area contributed by atoms with Crippen LogP contribution in [0.15, 0.2) is 24.3 Å². The molecule has 6 heteroatoms. The Hall–Kier alpha value is -2.44. The number of aliphatic hydroxyl groups is 2.